The quantitative estimate of drug-likeness (QED) is 0.422. The first-order valence-corrected chi connectivity index (χ1v) is 8.41. The standard InChI is InChI=1S/C12H23NO5S/c1-17-12(14)10(11-7-3-4-8-13-11)6-5-9-18-19(2,15)16/h10-11,13H,3-9H2,1-2H3/t10-,11-/m0/s1. The molecular weight excluding hydrogens is 270 g/mol. The minimum Gasteiger partial charge on any atom is -0.469 e. The molecule has 0 bridgehead atoms. The van der Waals surface area contributed by atoms with Crippen molar-refractivity contribution in [2.75, 3.05) is 26.5 Å². The van der Waals surface area contributed by atoms with Gasteiger partial charge in [0.15, 0.2) is 0 Å². The first-order valence-electron chi connectivity index (χ1n) is 6.59. The molecular formula is C12H23NO5S. The van der Waals surface area contributed by atoms with Gasteiger partial charge in [-0.2, -0.15) is 8.42 Å². The minimum absolute atomic E-state index is 0.110. The Morgan fingerprint density at radius 2 is 2.16 bits per heavy atom. The van der Waals surface area contributed by atoms with Gasteiger partial charge in [-0.1, -0.05) is 6.42 Å². The molecule has 1 aliphatic rings. The predicted octanol–water partition coefficient (Wildman–Crippen LogP) is 0.674. The average Bonchev–Trinajstić information content (AvgIpc) is 2.38. The number of rotatable bonds is 7. The summed E-state index contributed by atoms with van der Waals surface area (Å²) in [5, 5.41) is 3.33. The van der Waals surface area contributed by atoms with Crippen LogP contribution in [0.2, 0.25) is 0 Å². The second-order valence-corrected chi connectivity index (χ2v) is 6.50. The van der Waals surface area contributed by atoms with Crippen LogP contribution in [0.25, 0.3) is 0 Å². The van der Waals surface area contributed by atoms with Gasteiger partial charge in [-0.25, -0.2) is 0 Å². The molecule has 0 aromatic carbocycles. The summed E-state index contributed by atoms with van der Waals surface area (Å²) >= 11 is 0. The van der Waals surface area contributed by atoms with Crippen molar-refractivity contribution in [1.82, 2.24) is 5.32 Å². The molecule has 1 N–H and O–H groups in total. The third-order valence-electron chi connectivity index (χ3n) is 3.29. The second-order valence-electron chi connectivity index (χ2n) is 4.85. The van der Waals surface area contributed by atoms with Crippen molar-refractivity contribution in [2.45, 2.75) is 38.1 Å². The van der Waals surface area contributed by atoms with Crippen molar-refractivity contribution >= 4 is 16.1 Å². The van der Waals surface area contributed by atoms with Crippen molar-refractivity contribution in [2.24, 2.45) is 5.92 Å². The number of esters is 1. The van der Waals surface area contributed by atoms with Crippen molar-refractivity contribution in [3.05, 3.63) is 0 Å². The molecule has 0 unspecified atom stereocenters. The Balaban J connectivity index is 2.43. The summed E-state index contributed by atoms with van der Waals surface area (Å²) in [6, 6.07) is 0.124. The largest absolute Gasteiger partial charge is 0.469 e. The first-order chi connectivity index (χ1) is 8.94. The Hall–Kier alpha value is -0.660. The predicted molar refractivity (Wildman–Crippen MR) is 71.2 cm³/mol. The number of ether oxygens (including phenoxy) is 1. The zero-order valence-corrected chi connectivity index (χ0v) is 12.4. The molecule has 0 amide bonds. The molecule has 6 nitrogen and oxygen atoms in total. The molecule has 19 heavy (non-hydrogen) atoms. The highest BCUT2D eigenvalue weighted by molar-refractivity contribution is 7.85. The number of carbonyl (C=O) groups excluding carboxylic acids is 1. The Morgan fingerprint density at radius 1 is 1.42 bits per heavy atom. The van der Waals surface area contributed by atoms with Gasteiger partial charge < -0.3 is 10.1 Å². The van der Waals surface area contributed by atoms with Crippen LogP contribution in [-0.2, 0) is 23.8 Å². The van der Waals surface area contributed by atoms with Crippen LogP contribution >= 0.6 is 0 Å². The van der Waals surface area contributed by atoms with Crippen LogP contribution < -0.4 is 5.32 Å². The highest BCUT2D eigenvalue weighted by atomic mass is 32.2. The number of carbonyl (C=O) groups is 1. The van der Waals surface area contributed by atoms with E-state index in [1.54, 1.807) is 0 Å². The first kappa shape index (κ1) is 16.4. The van der Waals surface area contributed by atoms with Gasteiger partial charge >= 0.3 is 5.97 Å². The van der Waals surface area contributed by atoms with E-state index in [4.69, 9.17) is 4.74 Å². The van der Waals surface area contributed by atoms with E-state index in [1.165, 1.54) is 7.11 Å². The minimum atomic E-state index is -3.40. The van der Waals surface area contributed by atoms with Gasteiger partial charge in [0.25, 0.3) is 10.1 Å². The Labute approximate surface area is 115 Å². The van der Waals surface area contributed by atoms with Crippen LogP contribution in [-0.4, -0.2) is 46.9 Å². The van der Waals surface area contributed by atoms with Gasteiger partial charge in [0.2, 0.25) is 0 Å². The monoisotopic (exact) mass is 293 g/mol. The van der Waals surface area contributed by atoms with Gasteiger partial charge in [0, 0.05) is 6.04 Å². The highest BCUT2D eigenvalue weighted by Crippen LogP contribution is 2.21. The van der Waals surface area contributed by atoms with Crippen LogP contribution in [0.5, 0.6) is 0 Å². The van der Waals surface area contributed by atoms with Crippen LogP contribution in [0, 0.1) is 5.92 Å². The van der Waals surface area contributed by atoms with Gasteiger partial charge in [-0.3, -0.25) is 8.98 Å². The summed E-state index contributed by atoms with van der Waals surface area (Å²) in [5.41, 5.74) is 0. The summed E-state index contributed by atoms with van der Waals surface area (Å²) in [4.78, 5) is 11.8. The lowest BCUT2D eigenvalue weighted by Gasteiger charge is -2.29. The Morgan fingerprint density at radius 3 is 2.68 bits per heavy atom. The third-order valence-corrected chi connectivity index (χ3v) is 3.89. The van der Waals surface area contributed by atoms with Crippen molar-refractivity contribution in [1.29, 1.82) is 0 Å². The van der Waals surface area contributed by atoms with Crippen molar-refractivity contribution < 1.29 is 22.1 Å². The maximum absolute atomic E-state index is 11.8. The van der Waals surface area contributed by atoms with Crippen molar-refractivity contribution in [3.8, 4) is 0 Å². The number of hydrogen-bond acceptors (Lipinski definition) is 6. The van der Waals surface area contributed by atoms with Gasteiger partial charge in [-0.15, -0.1) is 0 Å². The van der Waals surface area contributed by atoms with Crippen LogP contribution in [0.1, 0.15) is 32.1 Å². The number of methoxy groups -OCH3 is 1. The normalized spacial score (nSPS) is 21.9. The molecule has 112 valence electrons. The fourth-order valence-corrected chi connectivity index (χ4v) is 2.79. The Kier molecular flexibility index (Phi) is 6.74. The maximum atomic E-state index is 11.8. The molecule has 7 heteroatoms. The molecule has 2 atom stereocenters. The molecule has 1 fully saturated rings. The number of nitrogens with one attached hydrogen (secondary N) is 1. The summed E-state index contributed by atoms with van der Waals surface area (Å²) in [6.07, 6.45) is 5.29. The summed E-state index contributed by atoms with van der Waals surface area (Å²) in [5.74, 6) is -0.466. The molecule has 1 rings (SSSR count). The molecule has 1 aliphatic heterocycles. The van der Waals surface area contributed by atoms with E-state index in [1.807, 2.05) is 0 Å². The third kappa shape index (κ3) is 6.35. The zero-order chi connectivity index (χ0) is 14.3. The highest BCUT2D eigenvalue weighted by Gasteiger charge is 2.29. The molecule has 1 saturated heterocycles. The van der Waals surface area contributed by atoms with Crippen LogP contribution in [0.3, 0.4) is 0 Å². The summed E-state index contributed by atoms with van der Waals surface area (Å²) < 4.78 is 31.2. The second kappa shape index (κ2) is 7.81. The summed E-state index contributed by atoms with van der Waals surface area (Å²) in [6.45, 7) is 1.02. The van der Waals surface area contributed by atoms with E-state index in [-0.39, 0.29) is 24.5 Å². The molecule has 0 aromatic rings. The number of piperidine rings is 1. The average molecular weight is 293 g/mol. The van der Waals surface area contributed by atoms with E-state index >= 15 is 0 Å². The van der Waals surface area contributed by atoms with E-state index in [2.05, 4.69) is 9.50 Å². The Bertz CT molecular complexity index is 376. The van der Waals surface area contributed by atoms with Crippen LogP contribution in [0.15, 0.2) is 0 Å². The zero-order valence-electron chi connectivity index (χ0n) is 11.6. The maximum Gasteiger partial charge on any atom is 0.310 e. The van der Waals surface area contributed by atoms with Crippen LogP contribution in [0.4, 0.5) is 0 Å². The van der Waals surface area contributed by atoms with E-state index in [0.29, 0.717) is 12.8 Å². The molecule has 0 radical (unpaired) electrons. The lowest BCUT2D eigenvalue weighted by Crippen LogP contribution is -2.43. The van der Waals surface area contributed by atoms with Crippen molar-refractivity contribution in [3.63, 3.8) is 0 Å². The fourth-order valence-electron chi connectivity index (χ4n) is 2.37. The molecule has 0 saturated carbocycles. The molecule has 0 spiro atoms. The molecule has 0 aromatic heterocycles. The smallest absolute Gasteiger partial charge is 0.310 e. The lowest BCUT2D eigenvalue weighted by molar-refractivity contribution is -0.147. The van der Waals surface area contributed by atoms with E-state index in [9.17, 15) is 13.2 Å². The van der Waals surface area contributed by atoms with Gasteiger partial charge in [-0.05, 0) is 32.2 Å². The van der Waals surface area contributed by atoms with E-state index < -0.39 is 10.1 Å². The fraction of sp³-hybridized carbons (Fsp3) is 0.917. The lowest BCUT2D eigenvalue weighted by atomic mass is 9.89. The topological polar surface area (TPSA) is 81.7 Å². The van der Waals surface area contributed by atoms with E-state index in [0.717, 1.165) is 32.1 Å². The van der Waals surface area contributed by atoms with Gasteiger partial charge in [0.1, 0.15) is 0 Å². The SMILES string of the molecule is COC(=O)[C@@H](CCCOS(C)(=O)=O)[C@@H]1CCCCN1. The number of hydrogen-bond donors (Lipinski definition) is 1. The molecule has 0 aliphatic carbocycles. The summed E-state index contributed by atoms with van der Waals surface area (Å²) in [7, 11) is -2.02. The molecule has 1 heterocycles. The van der Waals surface area contributed by atoms with Gasteiger partial charge in [0.05, 0.1) is 25.9 Å².